The van der Waals surface area contributed by atoms with E-state index in [1.807, 2.05) is 0 Å². The second-order valence-corrected chi connectivity index (χ2v) is 7.65. The van der Waals surface area contributed by atoms with Crippen LogP contribution in [0, 0.1) is 6.92 Å². The summed E-state index contributed by atoms with van der Waals surface area (Å²) in [7, 11) is -5.47. The summed E-state index contributed by atoms with van der Waals surface area (Å²) in [6, 6.07) is 0.194. The molecule has 2 N–H and O–H groups in total. The van der Waals surface area contributed by atoms with Crippen LogP contribution in [0.2, 0.25) is 0 Å². The van der Waals surface area contributed by atoms with E-state index < -0.39 is 27.5 Å². The molecule has 0 saturated carbocycles. The molecule has 0 amide bonds. The normalized spacial score (nSPS) is 15.7. The number of alkyl halides is 3. The summed E-state index contributed by atoms with van der Waals surface area (Å²) in [6.07, 6.45) is 2.18. The number of halogens is 3. The molecule has 0 aliphatic heterocycles. The first-order valence-electron chi connectivity index (χ1n) is 7.54. The minimum Gasteiger partial charge on any atom is -0.492 e. The van der Waals surface area contributed by atoms with Crippen LogP contribution >= 0.6 is 0 Å². The molecule has 1 atom stereocenters. The maximum atomic E-state index is 12.4. The Hall–Kier alpha value is -1.81. The first-order chi connectivity index (χ1) is 11.4. The van der Waals surface area contributed by atoms with Gasteiger partial charge in [-0.15, -0.1) is 0 Å². The number of ether oxygens (including phenoxy) is 1. The lowest BCUT2D eigenvalue weighted by Crippen LogP contribution is -2.43. The van der Waals surface area contributed by atoms with E-state index in [0.29, 0.717) is 12.8 Å². The van der Waals surface area contributed by atoms with Crippen molar-refractivity contribution in [2.24, 2.45) is 0 Å². The molecular formula is C15H18F3NO5S. The van der Waals surface area contributed by atoms with Crippen molar-refractivity contribution in [3.8, 4) is 5.75 Å². The summed E-state index contributed by atoms with van der Waals surface area (Å²) in [5.74, 6) is -0.870. The van der Waals surface area contributed by atoms with Crippen molar-refractivity contribution in [1.82, 2.24) is 4.72 Å². The van der Waals surface area contributed by atoms with Crippen LogP contribution in [0.5, 0.6) is 5.75 Å². The molecule has 10 heteroatoms. The second kappa shape index (κ2) is 6.83. The van der Waals surface area contributed by atoms with Gasteiger partial charge in [0.05, 0.1) is 11.6 Å². The SMILES string of the molecule is Cc1c(OC[C@H](C)NS(=O)(=O)C(F)(F)F)cc(C(=O)O)c2c1CCC2. The van der Waals surface area contributed by atoms with Crippen LogP contribution in [0.25, 0.3) is 0 Å². The maximum absolute atomic E-state index is 12.4. The molecule has 140 valence electrons. The maximum Gasteiger partial charge on any atom is 0.511 e. The fourth-order valence-electron chi connectivity index (χ4n) is 2.85. The van der Waals surface area contributed by atoms with Crippen LogP contribution in [-0.4, -0.2) is 37.7 Å². The molecule has 2 rings (SSSR count). The number of aromatic carboxylic acids is 1. The lowest BCUT2D eigenvalue weighted by atomic mass is 9.98. The van der Waals surface area contributed by atoms with E-state index in [0.717, 1.165) is 23.1 Å². The molecule has 0 aromatic heterocycles. The zero-order chi connectivity index (χ0) is 19.0. The highest BCUT2D eigenvalue weighted by Gasteiger charge is 2.46. The number of benzene rings is 1. The smallest absolute Gasteiger partial charge is 0.492 e. The molecule has 1 aliphatic rings. The molecule has 0 unspecified atom stereocenters. The van der Waals surface area contributed by atoms with Gasteiger partial charge in [-0.3, -0.25) is 0 Å². The van der Waals surface area contributed by atoms with E-state index in [2.05, 4.69) is 0 Å². The molecular weight excluding hydrogens is 363 g/mol. The van der Waals surface area contributed by atoms with Gasteiger partial charge in [0.25, 0.3) is 0 Å². The van der Waals surface area contributed by atoms with Crippen molar-refractivity contribution in [2.45, 2.75) is 44.7 Å². The van der Waals surface area contributed by atoms with Crippen molar-refractivity contribution in [3.63, 3.8) is 0 Å². The van der Waals surface area contributed by atoms with Gasteiger partial charge in [0, 0.05) is 0 Å². The summed E-state index contributed by atoms with van der Waals surface area (Å²) in [5, 5.41) is 9.31. The highest BCUT2D eigenvalue weighted by molar-refractivity contribution is 7.90. The number of sulfonamides is 1. The highest BCUT2D eigenvalue weighted by atomic mass is 32.2. The number of fused-ring (bicyclic) bond motifs is 1. The monoisotopic (exact) mass is 381 g/mol. The number of rotatable bonds is 6. The van der Waals surface area contributed by atoms with Crippen molar-refractivity contribution < 1.29 is 36.2 Å². The minimum atomic E-state index is -5.47. The van der Waals surface area contributed by atoms with E-state index in [4.69, 9.17) is 4.74 Å². The molecule has 0 bridgehead atoms. The number of carboxylic acid groups (broad SMARTS) is 1. The first kappa shape index (κ1) is 19.5. The zero-order valence-electron chi connectivity index (χ0n) is 13.6. The van der Waals surface area contributed by atoms with E-state index in [9.17, 15) is 31.5 Å². The number of hydrogen-bond donors (Lipinski definition) is 2. The third-order valence-corrected chi connectivity index (χ3v) is 5.34. The van der Waals surface area contributed by atoms with Crippen LogP contribution in [-0.2, 0) is 22.9 Å². The Morgan fingerprint density at radius 1 is 1.36 bits per heavy atom. The van der Waals surface area contributed by atoms with Gasteiger partial charge in [0.15, 0.2) is 0 Å². The molecule has 25 heavy (non-hydrogen) atoms. The standard InChI is InChI=1S/C15H18F3NO5S/c1-8(19-25(22,23)15(16,17)18)7-24-13-6-12(14(20)21)11-5-3-4-10(11)9(13)2/h6,8,19H,3-5,7H2,1-2H3,(H,20,21)/t8-/m0/s1. The first-order valence-corrected chi connectivity index (χ1v) is 9.02. The van der Waals surface area contributed by atoms with Crippen molar-refractivity contribution in [1.29, 1.82) is 0 Å². The van der Waals surface area contributed by atoms with Gasteiger partial charge in [-0.25, -0.2) is 17.9 Å². The van der Waals surface area contributed by atoms with E-state index in [1.165, 1.54) is 17.7 Å². The van der Waals surface area contributed by atoms with Crippen LogP contribution in [0.1, 0.15) is 40.4 Å². The molecule has 0 fully saturated rings. The number of nitrogens with one attached hydrogen (secondary N) is 1. The topological polar surface area (TPSA) is 92.7 Å². The average molecular weight is 381 g/mol. The number of carbonyl (C=O) groups is 1. The van der Waals surface area contributed by atoms with Gasteiger partial charge in [-0.1, -0.05) is 0 Å². The van der Waals surface area contributed by atoms with Crippen LogP contribution in [0.15, 0.2) is 6.07 Å². The molecule has 1 aliphatic carbocycles. The molecule has 1 aromatic carbocycles. The van der Waals surface area contributed by atoms with Crippen LogP contribution < -0.4 is 9.46 Å². The Morgan fingerprint density at radius 3 is 2.52 bits per heavy atom. The molecule has 6 nitrogen and oxygen atoms in total. The molecule has 0 radical (unpaired) electrons. The third-order valence-electron chi connectivity index (χ3n) is 4.02. The predicted octanol–water partition coefficient (Wildman–Crippen LogP) is 2.39. The van der Waals surface area contributed by atoms with Crippen LogP contribution in [0.3, 0.4) is 0 Å². The summed E-state index contributed by atoms with van der Waals surface area (Å²) < 4.78 is 66.1. The lowest BCUT2D eigenvalue weighted by molar-refractivity contribution is -0.0451. The second-order valence-electron chi connectivity index (χ2n) is 5.94. The van der Waals surface area contributed by atoms with E-state index in [-0.39, 0.29) is 17.9 Å². The van der Waals surface area contributed by atoms with E-state index in [1.54, 1.807) is 6.92 Å². The Bertz CT molecular complexity index is 789. The Kier molecular flexibility index (Phi) is 5.33. The van der Waals surface area contributed by atoms with Crippen molar-refractivity contribution in [2.75, 3.05) is 6.61 Å². The minimum absolute atomic E-state index is 0.108. The van der Waals surface area contributed by atoms with Gasteiger partial charge >= 0.3 is 21.5 Å². The predicted molar refractivity (Wildman–Crippen MR) is 83.2 cm³/mol. The third kappa shape index (κ3) is 4.06. The van der Waals surface area contributed by atoms with Gasteiger partial charge in [-0.2, -0.15) is 13.2 Å². The Balaban J connectivity index is 2.16. The summed E-state index contributed by atoms with van der Waals surface area (Å²) in [6.45, 7) is 2.60. The summed E-state index contributed by atoms with van der Waals surface area (Å²) >= 11 is 0. The highest BCUT2D eigenvalue weighted by Crippen LogP contribution is 2.34. The average Bonchev–Trinajstić information content (AvgIpc) is 2.94. The quantitative estimate of drug-likeness (QED) is 0.789. The molecule has 0 saturated heterocycles. The van der Waals surface area contributed by atoms with E-state index >= 15 is 0 Å². The Morgan fingerprint density at radius 2 is 1.96 bits per heavy atom. The van der Waals surface area contributed by atoms with Crippen molar-refractivity contribution >= 4 is 16.0 Å². The van der Waals surface area contributed by atoms with Gasteiger partial charge < -0.3 is 9.84 Å². The summed E-state index contributed by atoms with van der Waals surface area (Å²) in [5.41, 5.74) is -2.94. The van der Waals surface area contributed by atoms with Crippen LogP contribution in [0.4, 0.5) is 13.2 Å². The molecule has 0 heterocycles. The molecule has 0 spiro atoms. The fourth-order valence-corrected chi connectivity index (χ4v) is 3.58. The number of hydrogen-bond acceptors (Lipinski definition) is 4. The fraction of sp³-hybridized carbons (Fsp3) is 0.533. The van der Waals surface area contributed by atoms with Gasteiger partial charge in [0.1, 0.15) is 12.4 Å². The Labute approximate surface area is 143 Å². The van der Waals surface area contributed by atoms with Gasteiger partial charge in [0.2, 0.25) is 0 Å². The van der Waals surface area contributed by atoms with Crippen molar-refractivity contribution in [3.05, 3.63) is 28.3 Å². The zero-order valence-corrected chi connectivity index (χ0v) is 14.4. The largest absolute Gasteiger partial charge is 0.511 e. The molecule has 1 aromatic rings. The summed E-state index contributed by atoms with van der Waals surface area (Å²) in [4.78, 5) is 11.4. The lowest BCUT2D eigenvalue weighted by Gasteiger charge is -2.19. The number of carboxylic acids is 1. The van der Waals surface area contributed by atoms with Gasteiger partial charge in [-0.05, 0) is 55.9 Å².